The summed E-state index contributed by atoms with van der Waals surface area (Å²) in [6.07, 6.45) is 16.8. The van der Waals surface area contributed by atoms with Crippen LogP contribution >= 0.6 is 11.8 Å². The number of aliphatic carboxylic acids is 1. The average Bonchev–Trinajstić information content (AvgIpc) is 2.84. The summed E-state index contributed by atoms with van der Waals surface area (Å²) in [7, 11) is 1.29. The third-order valence-electron chi connectivity index (χ3n) is 6.57. The molecule has 0 saturated heterocycles. The normalized spacial score (nSPS) is 15.7. The van der Waals surface area contributed by atoms with Crippen molar-refractivity contribution in [3.8, 4) is 0 Å². The fourth-order valence-electron chi connectivity index (χ4n) is 4.12. The van der Waals surface area contributed by atoms with Gasteiger partial charge in [0.05, 0.1) is 13.2 Å². The van der Waals surface area contributed by atoms with E-state index < -0.39 is 28.8 Å². The summed E-state index contributed by atoms with van der Waals surface area (Å²) < 4.78 is 4.23. The van der Waals surface area contributed by atoms with Crippen molar-refractivity contribution < 1.29 is 29.3 Å². The first-order valence-electron chi connectivity index (χ1n) is 13.7. The van der Waals surface area contributed by atoms with Crippen LogP contribution in [0.5, 0.6) is 0 Å². The number of carbonyl (C=O) groups excluding carboxylic acids is 2. The SMILES string of the molecule is CCCCCCCCCCC/C=C\[C@@H](SC(C)(CC)C(NC(C)=O)C(=O)OC)[C@@H](O)CCCC(=O)O. The first kappa shape index (κ1) is 34.5. The Morgan fingerprint density at radius 3 is 2.08 bits per heavy atom. The van der Waals surface area contributed by atoms with Gasteiger partial charge in [0, 0.05) is 23.3 Å². The molecule has 0 heterocycles. The molecule has 0 fully saturated rings. The smallest absolute Gasteiger partial charge is 0.329 e. The van der Waals surface area contributed by atoms with Crippen LogP contribution in [0.2, 0.25) is 0 Å². The number of esters is 1. The molecule has 7 nitrogen and oxygen atoms in total. The molecular weight excluding hydrogens is 478 g/mol. The van der Waals surface area contributed by atoms with Crippen LogP contribution in [0.25, 0.3) is 0 Å². The molecular formula is C28H51NO6S. The minimum Gasteiger partial charge on any atom is -0.481 e. The van der Waals surface area contributed by atoms with E-state index in [2.05, 4.69) is 18.3 Å². The largest absolute Gasteiger partial charge is 0.481 e. The second-order valence-corrected chi connectivity index (χ2v) is 11.5. The first-order chi connectivity index (χ1) is 17.1. The van der Waals surface area contributed by atoms with Gasteiger partial charge in [0.15, 0.2) is 0 Å². The summed E-state index contributed by atoms with van der Waals surface area (Å²) in [6, 6.07) is -0.866. The Labute approximate surface area is 223 Å². The number of carboxylic acid groups (broad SMARTS) is 1. The monoisotopic (exact) mass is 529 g/mol. The summed E-state index contributed by atoms with van der Waals surface area (Å²) in [5.41, 5.74) is 0. The summed E-state index contributed by atoms with van der Waals surface area (Å²) >= 11 is 1.43. The maximum Gasteiger partial charge on any atom is 0.329 e. The number of nitrogens with one attached hydrogen (secondary N) is 1. The molecule has 1 amide bonds. The van der Waals surface area contributed by atoms with Gasteiger partial charge < -0.3 is 20.3 Å². The van der Waals surface area contributed by atoms with Crippen molar-refractivity contribution in [1.82, 2.24) is 5.32 Å². The lowest BCUT2D eigenvalue weighted by Gasteiger charge is -2.38. The molecule has 0 aliphatic rings. The zero-order chi connectivity index (χ0) is 27.4. The molecule has 0 saturated carbocycles. The number of allylic oxidation sites excluding steroid dienone is 1. The third-order valence-corrected chi connectivity index (χ3v) is 8.38. The van der Waals surface area contributed by atoms with Crippen molar-refractivity contribution in [2.75, 3.05) is 7.11 Å². The van der Waals surface area contributed by atoms with Crippen LogP contribution in [0.3, 0.4) is 0 Å². The maximum atomic E-state index is 12.5. The number of hydrogen-bond donors (Lipinski definition) is 3. The van der Waals surface area contributed by atoms with E-state index in [1.807, 2.05) is 19.9 Å². The number of thioether (sulfide) groups is 1. The number of aliphatic hydroxyl groups is 1. The molecule has 0 aromatic heterocycles. The Hall–Kier alpha value is -1.54. The zero-order valence-electron chi connectivity index (χ0n) is 23.2. The van der Waals surface area contributed by atoms with Gasteiger partial charge in [-0.25, -0.2) is 4.79 Å². The van der Waals surface area contributed by atoms with E-state index in [-0.39, 0.29) is 17.6 Å². The molecule has 0 aromatic rings. The van der Waals surface area contributed by atoms with E-state index in [0.717, 1.165) is 12.8 Å². The summed E-state index contributed by atoms with van der Waals surface area (Å²) in [5, 5.41) is 22.3. The van der Waals surface area contributed by atoms with Gasteiger partial charge in [-0.05, 0) is 39.0 Å². The van der Waals surface area contributed by atoms with E-state index in [1.54, 1.807) is 0 Å². The van der Waals surface area contributed by atoms with Crippen molar-refractivity contribution in [2.24, 2.45) is 0 Å². The van der Waals surface area contributed by atoms with Gasteiger partial charge in [0.2, 0.25) is 5.91 Å². The molecule has 4 atom stereocenters. The predicted molar refractivity (Wildman–Crippen MR) is 148 cm³/mol. The quantitative estimate of drug-likeness (QED) is 0.0892. The lowest BCUT2D eigenvalue weighted by molar-refractivity contribution is -0.145. The Kier molecular flexibility index (Phi) is 19.6. The van der Waals surface area contributed by atoms with Crippen molar-refractivity contribution in [2.45, 2.75) is 140 Å². The summed E-state index contributed by atoms with van der Waals surface area (Å²) in [6.45, 7) is 7.42. The molecule has 210 valence electrons. The maximum absolute atomic E-state index is 12.5. The van der Waals surface area contributed by atoms with Crippen LogP contribution in [-0.2, 0) is 19.1 Å². The number of hydrogen-bond acceptors (Lipinski definition) is 6. The molecule has 2 unspecified atom stereocenters. The highest BCUT2D eigenvalue weighted by atomic mass is 32.2. The molecule has 0 rings (SSSR count). The number of carbonyl (C=O) groups is 3. The zero-order valence-corrected chi connectivity index (χ0v) is 24.0. The number of methoxy groups -OCH3 is 1. The first-order valence-corrected chi connectivity index (χ1v) is 14.6. The number of aliphatic hydroxyl groups excluding tert-OH is 1. The minimum absolute atomic E-state index is 0.00166. The van der Waals surface area contributed by atoms with E-state index in [9.17, 15) is 19.5 Å². The fraction of sp³-hybridized carbons (Fsp3) is 0.821. The molecule has 3 N–H and O–H groups in total. The number of unbranched alkanes of at least 4 members (excludes halogenated alkanes) is 9. The van der Waals surface area contributed by atoms with E-state index in [1.165, 1.54) is 77.2 Å². The van der Waals surface area contributed by atoms with Crippen LogP contribution in [0.4, 0.5) is 0 Å². The van der Waals surface area contributed by atoms with Gasteiger partial charge >= 0.3 is 11.9 Å². The van der Waals surface area contributed by atoms with E-state index in [0.29, 0.717) is 19.3 Å². The molecule has 8 heteroatoms. The molecule has 0 aromatic carbocycles. The number of rotatable bonds is 22. The molecule has 0 aliphatic heterocycles. The average molecular weight is 530 g/mol. The van der Waals surface area contributed by atoms with Crippen molar-refractivity contribution in [1.29, 1.82) is 0 Å². The topological polar surface area (TPSA) is 113 Å². The summed E-state index contributed by atoms with van der Waals surface area (Å²) in [5.74, 6) is -1.74. The van der Waals surface area contributed by atoms with Crippen LogP contribution in [0.1, 0.15) is 118 Å². The highest BCUT2D eigenvalue weighted by Crippen LogP contribution is 2.39. The highest BCUT2D eigenvalue weighted by molar-refractivity contribution is 8.01. The van der Waals surface area contributed by atoms with Crippen molar-refractivity contribution in [3.63, 3.8) is 0 Å². The fourth-order valence-corrected chi connectivity index (χ4v) is 5.69. The van der Waals surface area contributed by atoms with Gasteiger partial charge in [0.1, 0.15) is 6.04 Å². The standard InChI is InChI=1S/C28H51NO6S/c1-6-8-9-10-11-12-13-14-15-16-17-20-24(23(31)19-18-21-25(32)33)36-28(4,7-2)26(27(34)35-5)29-22(3)30/h17,20,23-24,26,31H,6-16,18-19,21H2,1-5H3,(H,29,30)(H,32,33)/b20-17-/t23-,24+,26?,28?/m0/s1. The predicted octanol–water partition coefficient (Wildman–Crippen LogP) is 6.03. The van der Waals surface area contributed by atoms with E-state index in [4.69, 9.17) is 9.84 Å². The van der Waals surface area contributed by atoms with Gasteiger partial charge in [-0.15, -0.1) is 11.8 Å². The molecule has 0 aliphatic carbocycles. The number of amides is 1. The second kappa shape index (κ2) is 20.5. The molecule has 36 heavy (non-hydrogen) atoms. The van der Waals surface area contributed by atoms with Crippen molar-refractivity contribution in [3.05, 3.63) is 12.2 Å². The Morgan fingerprint density at radius 1 is 1.00 bits per heavy atom. The van der Waals surface area contributed by atoms with Crippen LogP contribution < -0.4 is 5.32 Å². The van der Waals surface area contributed by atoms with Crippen LogP contribution in [-0.4, -0.2) is 57.3 Å². The van der Waals surface area contributed by atoms with Gasteiger partial charge in [0.25, 0.3) is 0 Å². The molecule has 0 bridgehead atoms. The highest BCUT2D eigenvalue weighted by Gasteiger charge is 2.42. The van der Waals surface area contributed by atoms with Crippen LogP contribution in [0, 0.1) is 0 Å². The van der Waals surface area contributed by atoms with Crippen LogP contribution in [0.15, 0.2) is 12.2 Å². The lowest BCUT2D eigenvalue weighted by Crippen LogP contribution is -2.54. The van der Waals surface area contributed by atoms with E-state index >= 15 is 0 Å². The second-order valence-electron chi connectivity index (χ2n) is 9.80. The Morgan fingerprint density at radius 2 is 1.58 bits per heavy atom. The summed E-state index contributed by atoms with van der Waals surface area (Å²) in [4.78, 5) is 35.2. The third kappa shape index (κ3) is 15.5. The minimum atomic E-state index is -0.887. The Bertz CT molecular complexity index is 656. The number of carboxylic acids is 1. The molecule has 0 radical (unpaired) electrons. The van der Waals surface area contributed by atoms with Gasteiger partial charge in [-0.1, -0.05) is 77.4 Å². The number of ether oxygens (including phenoxy) is 1. The Balaban J connectivity index is 5.15. The lowest BCUT2D eigenvalue weighted by atomic mass is 9.97. The van der Waals surface area contributed by atoms with Gasteiger partial charge in [-0.2, -0.15) is 0 Å². The van der Waals surface area contributed by atoms with Crippen molar-refractivity contribution >= 4 is 29.6 Å². The molecule has 0 spiro atoms. The van der Waals surface area contributed by atoms with Gasteiger partial charge in [-0.3, -0.25) is 9.59 Å².